The minimum absolute atomic E-state index is 0.128. The van der Waals surface area contributed by atoms with Crippen LogP contribution >= 0.6 is 11.3 Å². The van der Waals surface area contributed by atoms with Crippen molar-refractivity contribution in [1.82, 2.24) is 5.32 Å². The zero-order chi connectivity index (χ0) is 16.1. The average molecular weight is 325 g/mol. The molecule has 1 N–H and O–H groups in total. The first-order valence-corrected chi connectivity index (χ1v) is 8.11. The summed E-state index contributed by atoms with van der Waals surface area (Å²) in [5.41, 5.74) is 0.816. The quantitative estimate of drug-likeness (QED) is 0.705. The molecule has 116 valence electrons. The van der Waals surface area contributed by atoms with Crippen molar-refractivity contribution in [3.63, 3.8) is 0 Å². The van der Waals surface area contributed by atoms with Gasteiger partial charge in [-0.25, -0.2) is 0 Å². The van der Waals surface area contributed by atoms with E-state index in [1.54, 1.807) is 36.6 Å². The molecule has 1 aromatic carbocycles. The molecule has 0 aliphatic heterocycles. The predicted molar refractivity (Wildman–Crippen MR) is 88.9 cm³/mol. The fourth-order valence-electron chi connectivity index (χ4n) is 2.27. The number of nitrogens with one attached hydrogen (secondary N) is 1. The minimum Gasteiger partial charge on any atom is -0.469 e. The van der Waals surface area contributed by atoms with E-state index in [9.17, 15) is 9.59 Å². The third-order valence-corrected chi connectivity index (χ3v) is 4.27. The van der Waals surface area contributed by atoms with Crippen LogP contribution in [0.3, 0.4) is 0 Å². The second-order valence-electron chi connectivity index (χ2n) is 4.94. The van der Waals surface area contributed by atoms with Gasteiger partial charge in [-0.05, 0) is 29.6 Å². The maximum Gasteiger partial charge on any atom is 0.252 e. The van der Waals surface area contributed by atoms with E-state index in [1.807, 2.05) is 23.6 Å². The van der Waals surface area contributed by atoms with E-state index in [0.29, 0.717) is 29.0 Å². The summed E-state index contributed by atoms with van der Waals surface area (Å²) in [6.07, 6.45) is 2.21. The molecule has 1 amide bonds. The van der Waals surface area contributed by atoms with Crippen molar-refractivity contribution in [3.05, 3.63) is 81.9 Å². The van der Waals surface area contributed by atoms with Gasteiger partial charge in [0.2, 0.25) is 5.78 Å². The van der Waals surface area contributed by atoms with Crippen LogP contribution in [0.5, 0.6) is 0 Å². The Kier molecular flexibility index (Phi) is 4.68. The molecule has 0 radical (unpaired) electrons. The molecule has 0 saturated carbocycles. The highest BCUT2D eigenvalue weighted by Gasteiger charge is 2.18. The topological polar surface area (TPSA) is 59.3 Å². The Morgan fingerprint density at radius 1 is 1.00 bits per heavy atom. The summed E-state index contributed by atoms with van der Waals surface area (Å²) in [4.78, 5) is 25.5. The Bertz CT molecular complexity index is 792. The second kappa shape index (κ2) is 7.07. The SMILES string of the molecule is O=C(NCCc1ccco1)c1ccccc1C(=O)c1cccs1. The molecule has 0 spiro atoms. The molecular formula is C18H15NO3S. The van der Waals surface area contributed by atoms with Crippen molar-refractivity contribution in [2.75, 3.05) is 6.54 Å². The summed E-state index contributed by atoms with van der Waals surface area (Å²) in [7, 11) is 0. The number of furan rings is 1. The zero-order valence-electron chi connectivity index (χ0n) is 12.3. The molecule has 0 bridgehead atoms. The molecule has 5 heteroatoms. The van der Waals surface area contributed by atoms with Crippen LogP contribution in [-0.4, -0.2) is 18.2 Å². The smallest absolute Gasteiger partial charge is 0.252 e. The van der Waals surface area contributed by atoms with Gasteiger partial charge in [-0.15, -0.1) is 11.3 Å². The largest absolute Gasteiger partial charge is 0.469 e. The number of hydrogen-bond donors (Lipinski definition) is 1. The Hall–Kier alpha value is -2.66. The summed E-state index contributed by atoms with van der Waals surface area (Å²) in [6.45, 7) is 0.452. The lowest BCUT2D eigenvalue weighted by Crippen LogP contribution is -2.27. The lowest BCUT2D eigenvalue weighted by molar-refractivity contribution is 0.0942. The molecule has 0 fully saturated rings. The third-order valence-electron chi connectivity index (χ3n) is 3.40. The number of ketones is 1. The van der Waals surface area contributed by atoms with Crippen LogP contribution in [0.25, 0.3) is 0 Å². The normalized spacial score (nSPS) is 10.4. The van der Waals surface area contributed by atoms with Gasteiger partial charge >= 0.3 is 0 Å². The average Bonchev–Trinajstić information content (AvgIpc) is 3.27. The van der Waals surface area contributed by atoms with Gasteiger partial charge < -0.3 is 9.73 Å². The van der Waals surface area contributed by atoms with Crippen molar-refractivity contribution in [2.24, 2.45) is 0 Å². The third kappa shape index (κ3) is 3.57. The highest BCUT2D eigenvalue weighted by Crippen LogP contribution is 2.18. The van der Waals surface area contributed by atoms with Crippen LogP contribution < -0.4 is 5.32 Å². The highest BCUT2D eigenvalue weighted by molar-refractivity contribution is 7.12. The lowest BCUT2D eigenvalue weighted by atomic mass is 10.0. The standard InChI is InChI=1S/C18H15NO3S/c20-17(16-8-4-12-23-16)14-6-1-2-7-15(14)18(21)19-10-9-13-5-3-11-22-13/h1-8,11-12H,9-10H2,(H,19,21). The van der Waals surface area contributed by atoms with Crippen LogP contribution in [-0.2, 0) is 6.42 Å². The van der Waals surface area contributed by atoms with E-state index >= 15 is 0 Å². The summed E-state index contributed by atoms with van der Waals surface area (Å²) in [5.74, 6) is 0.432. The Morgan fingerprint density at radius 2 is 1.83 bits per heavy atom. The van der Waals surface area contributed by atoms with Crippen LogP contribution in [0.2, 0.25) is 0 Å². The molecule has 0 saturated heterocycles. The number of carbonyl (C=O) groups excluding carboxylic acids is 2. The molecule has 23 heavy (non-hydrogen) atoms. The van der Waals surface area contributed by atoms with E-state index in [4.69, 9.17) is 4.42 Å². The number of benzene rings is 1. The molecule has 2 heterocycles. The fraction of sp³-hybridized carbons (Fsp3) is 0.111. The van der Waals surface area contributed by atoms with Crippen molar-refractivity contribution in [1.29, 1.82) is 0 Å². The van der Waals surface area contributed by atoms with E-state index in [2.05, 4.69) is 5.32 Å². The van der Waals surface area contributed by atoms with Crippen molar-refractivity contribution in [2.45, 2.75) is 6.42 Å². The Morgan fingerprint density at radius 3 is 2.52 bits per heavy atom. The molecule has 0 aliphatic rings. The van der Waals surface area contributed by atoms with Gasteiger partial charge in [-0.3, -0.25) is 9.59 Å². The first kappa shape index (κ1) is 15.2. The second-order valence-corrected chi connectivity index (χ2v) is 5.88. The van der Waals surface area contributed by atoms with Crippen molar-refractivity contribution < 1.29 is 14.0 Å². The monoisotopic (exact) mass is 325 g/mol. The molecule has 3 rings (SSSR count). The van der Waals surface area contributed by atoms with Crippen molar-refractivity contribution >= 4 is 23.0 Å². The van der Waals surface area contributed by atoms with Crippen LogP contribution in [0.1, 0.15) is 31.4 Å². The predicted octanol–water partition coefficient (Wildman–Crippen LogP) is 3.54. The number of hydrogen-bond acceptors (Lipinski definition) is 4. The molecular weight excluding hydrogens is 310 g/mol. The molecule has 0 atom stereocenters. The van der Waals surface area contributed by atoms with E-state index < -0.39 is 0 Å². The molecule has 0 aliphatic carbocycles. The molecule has 4 nitrogen and oxygen atoms in total. The van der Waals surface area contributed by atoms with Gasteiger partial charge in [0.05, 0.1) is 16.7 Å². The van der Waals surface area contributed by atoms with E-state index in [0.717, 1.165) is 5.76 Å². The van der Waals surface area contributed by atoms with Gasteiger partial charge in [0, 0.05) is 18.5 Å². The maximum absolute atomic E-state index is 12.5. The summed E-state index contributed by atoms with van der Waals surface area (Å²) in [6, 6.07) is 14.1. The number of thiophene rings is 1. The maximum atomic E-state index is 12.5. The van der Waals surface area contributed by atoms with E-state index in [-0.39, 0.29) is 11.7 Å². The van der Waals surface area contributed by atoms with E-state index in [1.165, 1.54) is 11.3 Å². The highest BCUT2D eigenvalue weighted by atomic mass is 32.1. The Labute approximate surface area is 137 Å². The van der Waals surface area contributed by atoms with Crippen LogP contribution in [0, 0.1) is 0 Å². The van der Waals surface area contributed by atoms with Gasteiger partial charge in [0.1, 0.15) is 5.76 Å². The molecule has 2 aromatic heterocycles. The van der Waals surface area contributed by atoms with Crippen LogP contribution in [0.4, 0.5) is 0 Å². The molecule has 0 unspecified atom stereocenters. The van der Waals surface area contributed by atoms with Crippen LogP contribution in [0.15, 0.2) is 64.6 Å². The van der Waals surface area contributed by atoms with Gasteiger partial charge in [-0.1, -0.05) is 24.3 Å². The summed E-state index contributed by atoms with van der Waals surface area (Å²) >= 11 is 1.37. The zero-order valence-corrected chi connectivity index (χ0v) is 13.1. The minimum atomic E-state index is -0.253. The summed E-state index contributed by atoms with van der Waals surface area (Å²) in [5, 5.41) is 4.68. The first-order chi connectivity index (χ1) is 11.3. The summed E-state index contributed by atoms with van der Waals surface area (Å²) < 4.78 is 5.23. The first-order valence-electron chi connectivity index (χ1n) is 7.23. The lowest BCUT2D eigenvalue weighted by Gasteiger charge is -2.08. The van der Waals surface area contributed by atoms with Gasteiger partial charge in [0.15, 0.2) is 0 Å². The number of amides is 1. The fourth-order valence-corrected chi connectivity index (χ4v) is 2.95. The molecule has 3 aromatic rings. The number of carbonyl (C=O) groups is 2. The van der Waals surface area contributed by atoms with Crippen molar-refractivity contribution in [3.8, 4) is 0 Å². The Balaban J connectivity index is 1.72. The number of rotatable bonds is 6. The van der Waals surface area contributed by atoms with Gasteiger partial charge in [-0.2, -0.15) is 0 Å². The van der Waals surface area contributed by atoms with Gasteiger partial charge in [0.25, 0.3) is 5.91 Å².